The van der Waals surface area contributed by atoms with Crippen molar-refractivity contribution < 1.29 is 9.59 Å². The van der Waals surface area contributed by atoms with Gasteiger partial charge in [0.2, 0.25) is 0 Å². The van der Waals surface area contributed by atoms with Crippen molar-refractivity contribution in [2.75, 3.05) is 26.2 Å². The second-order valence-electron chi connectivity index (χ2n) is 7.44. The van der Waals surface area contributed by atoms with Crippen LogP contribution < -0.4 is 5.32 Å². The van der Waals surface area contributed by atoms with Gasteiger partial charge in [0, 0.05) is 29.4 Å². The normalized spacial score (nSPS) is 11.5. The fraction of sp³-hybridized carbons (Fsp3) is 0.292. The zero-order chi connectivity index (χ0) is 21.8. The predicted molar refractivity (Wildman–Crippen MR) is 126 cm³/mol. The second kappa shape index (κ2) is 9.41. The molecule has 0 radical (unpaired) electrons. The van der Waals surface area contributed by atoms with Crippen molar-refractivity contribution in [3.63, 3.8) is 0 Å². The molecular weight excluding hydrogens is 408 g/mol. The van der Waals surface area contributed by atoms with Crippen molar-refractivity contribution in [1.82, 2.24) is 19.6 Å². The van der Waals surface area contributed by atoms with Gasteiger partial charge in [-0.05, 0) is 44.3 Å². The van der Waals surface area contributed by atoms with E-state index < -0.39 is 0 Å². The number of benzene rings is 2. The second-order valence-corrected chi connectivity index (χ2v) is 8.45. The number of aromatic nitrogens is 2. The quantitative estimate of drug-likeness (QED) is 0.311. The maximum Gasteiger partial charge on any atom is 0.251 e. The average molecular weight is 435 g/mol. The molecular formula is C24H26N4O2S. The monoisotopic (exact) mass is 434 g/mol. The summed E-state index contributed by atoms with van der Waals surface area (Å²) in [6, 6.07) is 13.2. The molecule has 4 rings (SSSR count). The standard InChI is InChI=1S/C24H26N4O2S/c1-3-27(4-2)13-5-12-25-23(30)19-10-11-21-22(14-19)31-24-26-20(15-28(21)24)18-8-6-17(16-29)7-9-18/h6-11,14-16H,3-5,12-13H2,1-2H3,(H,25,30). The van der Waals surface area contributed by atoms with E-state index in [-0.39, 0.29) is 5.91 Å². The highest BCUT2D eigenvalue weighted by atomic mass is 32.1. The van der Waals surface area contributed by atoms with Crippen LogP contribution in [0.25, 0.3) is 26.4 Å². The molecule has 1 N–H and O–H groups in total. The van der Waals surface area contributed by atoms with Gasteiger partial charge in [-0.2, -0.15) is 0 Å². The number of hydrogen-bond donors (Lipinski definition) is 1. The average Bonchev–Trinajstić information content (AvgIpc) is 3.36. The number of carbonyl (C=O) groups is 2. The fourth-order valence-corrected chi connectivity index (χ4v) is 4.71. The van der Waals surface area contributed by atoms with Crippen molar-refractivity contribution in [3.05, 3.63) is 59.8 Å². The van der Waals surface area contributed by atoms with E-state index in [9.17, 15) is 9.59 Å². The zero-order valence-corrected chi connectivity index (χ0v) is 18.6. The van der Waals surface area contributed by atoms with Gasteiger partial charge in [0.15, 0.2) is 4.96 Å². The number of nitrogens with one attached hydrogen (secondary N) is 1. The number of nitrogens with zero attached hydrogens (tertiary/aromatic N) is 3. The Morgan fingerprint density at radius 1 is 1.16 bits per heavy atom. The van der Waals surface area contributed by atoms with Crippen LogP contribution in [0, 0.1) is 0 Å². The lowest BCUT2D eigenvalue weighted by Gasteiger charge is -2.17. The number of amides is 1. The SMILES string of the molecule is CCN(CC)CCCNC(=O)c1ccc2c(c1)sc1nc(-c3ccc(C=O)cc3)cn12. The number of fused-ring (bicyclic) bond motifs is 3. The molecule has 0 fully saturated rings. The van der Waals surface area contributed by atoms with Crippen LogP contribution in [0.5, 0.6) is 0 Å². The summed E-state index contributed by atoms with van der Waals surface area (Å²) in [5, 5.41) is 3.03. The van der Waals surface area contributed by atoms with Crippen LogP contribution in [0.4, 0.5) is 0 Å². The van der Waals surface area contributed by atoms with Gasteiger partial charge in [0.05, 0.1) is 15.9 Å². The van der Waals surface area contributed by atoms with Gasteiger partial charge in [0.1, 0.15) is 6.29 Å². The summed E-state index contributed by atoms with van der Waals surface area (Å²) in [4.78, 5) is 31.4. The van der Waals surface area contributed by atoms with E-state index in [1.807, 2.05) is 36.5 Å². The van der Waals surface area contributed by atoms with Gasteiger partial charge in [0.25, 0.3) is 5.91 Å². The van der Waals surface area contributed by atoms with Gasteiger partial charge in [-0.3, -0.25) is 14.0 Å². The van der Waals surface area contributed by atoms with Gasteiger partial charge >= 0.3 is 0 Å². The topological polar surface area (TPSA) is 66.7 Å². The van der Waals surface area contributed by atoms with Crippen LogP contribution in [0.1, 0.15) is 41.0 Å². The Labute approximate surface area is 185 Å². The van der Waals surface area contributed by atoms with Crippen LogP contribution in [0.3, 0.4) is 0 Å². The lowest BCUT2D eigenvalue weighted by atomic mass is 10.1. The summed E-state index contributed by atoms with van der Waals surface area (Å²) in [7, 11) is 0. The first-order valence-corrected chi connectivity index (χ1v) is 11.4. The first kappa shape index (κ1) is 21.2. The van der Waals surface area contributed by atoms with E-state index in [4.69, 9.17) is 4.98 Å². The van der Waals surface area contributed by atoms with E-state index in [0.29, 0.717) is 17.7 Å². The highest BCUT2D eigenvalue weighted by molar-refractivity contribution is 7.23. The number of thiazole rings is 1. The lowest BCUT2D eigenvalue weighted by Crippen LogP contribution is -2.29. The Bertz CT molecular complexity index is 1210. The molecule has 31 heavy (non-hydrogen) atoms. The molecule has 7 heteroatoms. The van der Waals surface area contributed by atoms with Crippen LogP contribution in [0.2, 0.25) is 0 Å². The molecule has 2 heterocycles. The molecule has 0 saturated carbocycles. The third-order valence-corrected chi connectivity index (χ3v) is 6.55. The summed E-state index contributed by atoms with van der Waals surface area (Å²) < 4.78 is 3.08. The minimum absolute atomic E-state index is 0.0385. The largest absolute Gasteiger partial charge is 0.352 e. The first-order chi connectivity index (χ1) is 15.1. The fourth-order valence-electron chi connectivity index (χ4n) is 3.66. The van der Waals surface area contributed by atoms with Crippen molar-refractivity contribution in [2.24, 2.45) is 0 Å². The van der Waals surface area contributed by atoms with E-state index >= 15 is 0 Å². The molecule has 0 atom stereocenters. The van der Waals surface area contributed by atoms with Crippen molar-refractivity contribution >= 4 is 38.7 Å². The van der Waals surface area contributed by atoms with Crippen LogP contribution in [0.15, 0.2) is 48.7 Å². The van der Waals surface area contributed by atoms with Crippen LogP contribution in [-0.4, -0.2) is 52.7 Å². The highest BCUT2D eigenvalue weighted by Crippen LogP contribution is 2.30. The van der Waals surface area contributed by atoms with Crippen LogP contribution >= 0.6 is 11.3 Å². The van der Waals surface area contributed by atoms with Gasteiger partial charge in [-0.15, -0.1) is 0 Å². The van der Waals surface area contributed by atoms with Crippen molar-refractivity contribution in [1.29, 1.82) is 0 Å². The Morgan fingerprint density at radius 2 is 1.94 bits per heavy atom. The molecule has 0 spiro atoms. The van der Waals surface area contributed by atoms with Gasteiger partial charge < -0.3 is 10.2 Å². The Morgan fingerprint density at radius 3 is 2.65 bits per heavy atom. The Hall–Kier alpha value is -3.03. The molecule has 160 valence electrons. The van der Waals surface area contributed by atoms with E-state index in [1.165, 1.54) is 0 Å². The number of imidazole rings is 1. The van der Waals surface area contributed by atoms with Crippen molar-refractivity contribution in [2.45, 2.75) is 20.3 Å². The minimum atomic E-state index is -0.0385. The van der Waals surface area contributed by atoms with Crippen molar-refractivity contribution in [3.8, 4) is 11.3 Å². The maximum atomic E-state index is 12.5. The Kier molecular flexibility index (Phi) is 6.44. The Balaban J connectivity index is 1.48. The first-order valence-electron chi connectivity index (χ1n) is 10.6. The lowest BCUT2D eigenvalue weighted by molar-refractivity contribution is 0.0951. The number of aldehydes is 1. The van der Waals surface area contributed by atoms with E-state index in [0.717, 1.165) is 58.8 Å². The van der Waals surface area contributed by atoms with E-state index in [1.54, 1.807) is 23.5 Å². The minimum Gasteiger partial charge on any atom is -0.352 e. The van der Waals surface area contributed by atoms with E-state index in [2.05, 4.69) is 28.5 Å². The van der Waals surface area contributed by atoms with Crippen LogP contribution in [-0.2, 0) is 0 Å². The third-order valence-electron chi connectivity index (χ3n) is 5.53. The molecule has 0 aliphatic heterocycles. The number of hydrogen-bond acceptors (Lipinski definition) is 5. The molecule has 4 aromatic rings. The number of carbonyl (C=O) groups excluding carboxylic acids is 2. The summed E-state index contributed by atoms with van der Waals surface area (Å²) in [6.07, 6.45) is 3.78. The van der Waals surface area contributed by atoms with Gasteiger partial charge in [-0.1, -0.05) is 49.4 Å². The predicted octanol–water partition coefficient (Wildman–Crippen LogP) is 4.49. The summed E-state index contributed by atoms with van der Waals surface area (Å²) in [5.41, 5.74) is 4.18. The summed E-state index contributed by atoms with van der Waals surface area (Å²) >= 11 is 1.56. The van der Waals surface area contributed by atoms with Gasteiger partial charge in [-0.25, -0.2) is 4.98 Å². The summed E-state index contributed by atoms with van der Waals surface area (Å²) in [6.45, 7) is 8.05. The molecule has 6 nitrogen and oxygen atoms in total. The molecule has 1 amide bonds. The maximum absolute atomic E-state index is 12.5. The zero-order valence-electron chi connectivity index (χ0n) is 17.8. The molecule has 2 aromatic carbocycles. The smallest absolute Gasteiger partial charge is 0.251 e. The molecule has 0 saturated heterocycles. The highest BCUT2D eigenvalue weighted by Gasteiger charge is 2.13. The molecule has 2 aromatic heterocycles. The number of rotatable bonds is 9. The molecule has 0 aliphatic carbocycles. The summed E-state index contributed by atoms with van der Waals surface area (Å²) in [5.74, 6) is -0.0385. The third kappa shape index (κ3) is 4.52. The molecule has 0 aliphatic rings. The molecule has 0 bridgehead atoms. The molecule has 0 unspecified atom stereocenters.